The van der Waals surface area contributed by atoms with E-state index < -0.39 is 34.1 Å². The molecule has 6 aromatic heterocycles. The molecule has 120 valence electrons. The Balaban J connectivity index is 2.20. The zero-order valence-corrected chi connectivity index (χ0v) is 11.8. The molecule has 1 aliphatic rings. The fourth-order valence-corrected chi connectivity index (χ4v) is 4.38. The van der Waals surface area contributed by atoms with Gasteiger partial charge in [-0.1, -0.05) is 0 Å². The summed E-state index contributed by atoms with van der Waals surface area (Å²) in [6, 6.07) is 0. The highest BCUT2D eigenvalue weighted by Gasteiger charge is 2.37. The fraction of sp³-hybridized carbons (Fsp3) is 0.0769. The maximum Gasteiger partial charge on any atom is 0.345 e. The maximum atomic E-state index is 12.6. The van der Waals surface area contributed by atoms with Gasteiger partial charge in [-0.2, -0.15) is 0 Å². The minimum Gasteiger partial charge on any atom is -0.247 e. The molecule has 0 saturated carbocycles. The minimum absolute atomic E-state index is 0.00611. The van der Waals surface area contributed by atoms with Gasteiger partial charge in [-0.3, -0.25) is 0 Å². The van der Waals surface area contributed by atoms with Crippen LogP contribution in [0.25, 0.3) is 27.6 Å². The minimum atomic E-state index is -0.847. The summed E-state index contributed by atoms with van der Waals surface area (Å²) in [6.45, 7) is -0.179. The van der Waals surface area contributed by atoms with E-state index in [0.29, 0.717) is 5.56 Å². The first-order valence-corrected chi connectivity index (χ1v) is 7.20. The molecule has 0 fully saturated rings. The summed E-state index contributed by atoms with van der Waals surface area (Å²) >= 11 is 0. The Bertz CT molecular complexity index is 1940. The Labute approximate surface area is 130 Å². The first kappa shape index (κ1) is 11.6. The van der Waals surface area contributed by atoms with Crippen LogP contribution in [0.1, 0.15) is 5.56 Å². The lowest BCUT2D eigenvalue weighted by Gasteiger charge is -2.11. The van der Waals surface area contributed by atoms with E-state index in [1.165, 1.54) is 0 Å². The van der Waals surface area contributed by atoms with Crippen LogP contribution in [0.4, 0.5) is 0 Å². The normalized spacial score (nSPS) is 14.4. The average Bonchev–Trinajstić information content (AvgIpc) is 3.04. The maximum absolute atomic E-state index is 12.6. The third-order valence-corrected chi connectivity index (χ3v) is 5.28. The van der Waals surface area contributed by atoms with E-state index in [4.69, 9.17) is 0 Å². The van der Waals surface area contributed by atoms with Gasteiger partial charge in [0.25, 0.3) is 0 Å². The molecule has 1 aromatic carbocycles. The van der Waals surface area contributed by atoms with Crippen LogP contribution in [-0.4, -0.2) is 26.6 Å². The van der Waals surface area contributed by atoms with Crippen LogP contribution in [0.15, 0.2) is 28.8 Å². The Morgan fingerprint density at radius 3 is 1.24 bits per heavy atom. The van der Waals surface area contributed by atoms with E-state index in [1.807, 2.05) is 0 Å². The summed E-state index contributed by atoms with van der Waals surface area (Å²) in [4.78, 5) is 74.8. The van der Waals surface area contributed by atoms with E-state index in [-0.39, 0.29) is 34.1 Å². The molecule has 0 amide bonds. The smallest absolute Gasteiger partial charge is 0.247 e. The number of nitrogens with zero attached hydrogens (tertiary/aromatic N) is 6. The first-order valence-electron chi connectivity index (χ1n) is 7.20. The summed E-state index contributed by atoms with van der Waals surface area (Å²) in [5.74, 6) is 0. The molecule has 12 heteroatoms. The lowest BCUT2D eigenvalue weighted by Crippen LogP contribution is -2.48. The molecule has 0 spiro atoms. The predicted octanol–water partition coefficient (Wildman–Crippen LogP) is -3.97. The lowest BCUT2D eigenvalue weighted by molar-refractivity contribution is 0.616. The molecule has 0 radical (unpaired) electrons. The van der Waals surface area contributed by atoms with Gasteiger partial charge in [0.1, 0.15) is 16.6 Å². The first-order chi connectivity index (χ1) is 11.9. The molecule has 0 N–H and O–H groups in total. The van der Waals surface area contributed by atoms with Crippen molar-refractivity contribution in [2.75, 3.05) is 0 Å². The van der Waals surface area contributed by atoms with E-state index in [9.17, 15) is 28.8 Å². The van der Waals surface area contributed by atoms with Gasteiger partial charge >= 0.3 is 34.1 Å². The van der Waals surface area contributed by atoms with Crippen molar-refractivity contribution in [1.82, 2.24) is 26.6 Å². The highest BCUT2D eigenvalue weighted by atomic mass is 16.2. The summed E-state index contributed by atoms with van der Waals surface area (Å²) < 4.78 is 4.94. The second kappa shape index (κ2) is 2.79. The molecule has 0 atom stereocenters. The van der Waals surface area contributed by atoms with Crippen molar-refractivity contribution in [2.45, 2.75) is 6.54 Å². The zero-order valence-electron chi connectivity index (χ0n) is 11.8. The monoisotopic (exact) mass is 338 g/mol. The average molecular weight is 338 g/mol. The van der Waals surface area contributed by atoms with Gasteiger partial charge < -0.3 is 0 Å². The topological polar surface area (TPSA) is 129 Å². The number of aromatic nitrogens is 6. The van der Waals surface area contributed by atoms with Crippen molar-refractivity contribution < 1.29 is 0 Å². The van der Waals surface area contributed by atoms with Gasteiger partial charge in [-0.15, -0.1) is 0 Å². The van der Waals surface area contributed by atoms with Crippen LogP contribution in [0, 0.1) is 0 Å². The fourth-order valence-electron chi connectivity index (χ4n) is 4.38. The van der Waals surface area contributed by atoms with Crippen LogP contribution in [-0.2, 0) is 6.54 Å². The van der Waals surface area contributed by atoms with Crippen molar-refractivity contribution in [3.8, 4) is 0 Å². The SMILES string of the molecule is O=c1n2c(=O)n3c(=O)n1c1c(c4c5c(c13)n1c(=O)n4c(=O)n5c1=O)C2. The third kappa shape index (κ3) is 0.770. The molecule has 7 heterocycles. The number of hydrogen-bond acceptors (Lipinski definition) is 6. The van der Waals surface area contributed by atoms with Crippen LogP contribution in [0.5, 0.6) is 0 Å². The molecule has 7 aromatic rings. The summed E-state index contributed by atoms with van der Waals surface area (Å²) in [6.07, 6.45) is 0. The van der Waals surface area contributed by atoms with Gasteiger partial charge in [0, 0.05) is 5.56 Å². The number of hydrogen-bond donors (Lipinski definition) is 0. The molecule has 9 bridgehead atoms. The Kier molecular flexibility index (Phi) is 1.29. The van der Waals surface area contributed by atoms with Crippen LogP contribution in [0.2, 0.25) is 0 Å². The quantitative estimate of drug-likeness (QED) is 0.277. The summed E-state index contributed by atoms with van der Waals surface area (Å²) in [5, 5.41) is 0. The Morgan fingerprint density at radius 1 is 0.440 bits per heavy atom. The molecule has 0 unspecified atom stereocenters. The zero-order chi connectivity index (χ0) is 17.1. The van der Waals surface area contributed by atoms with E-state index in [0.717, 1.165) is 26.6 Å². The van der Waals surface area contributed by atoms with Crippen molar-refractivity contribution in [3.05, 3.63) is 68.5 Å². The van der Waals surface area contributed by atoms with Crippen molar-refractivity contribution in [1.29, 1.82) is 0 Å². The van der Waals surface area contributed by atoms with Gasteiger partial charge in [-0.25, -0.2) is 55.3 Å². The van der Waals surface area contributed by atoms with E-state index in [2.05, 4.69) is 0 Å². The standard InChI is InChI=1S/C13H2N6O6/c20-8-14-1-2-3-5(17(9(14)21)10(22)15(3)8)7-6-4(2)16-11(23)18(6)13(25)19(7)12(16)24/h1H2. The van der Waals surface area contributed by atoms with E-state index in [1.54, 1.807) is 0 Å². The summed E-state index contributed by atoms with van der Waals surface area (Å²) in [5.41, 5.74) is -4.09. The molecule has 0 aliphatic carbocycles. The van der Waals surface area contributed by atoms with Crippen LogP contribution < -0.4 is 34.1 Å². The number of imidazole rings is 3. The van der Waals surface area contributed by atoms with Gasteiger partial charge in [0.2, 0.25) is 0 Å². The Morgan fingerprint density at radius 2 is 0.760 bits per heavy atom. The van der Waals surface area contributed by atoms with Crippen LogP contribution >= 0.6 is 0 Å². The lowest BCUT2D eigenvalue weighted by atomic mass is 10.1. The number of rotatable bonds is 0. The molecular formula is C13H2N6O6. The molecular weight excluding hydrogens is 336 g/mol. The molecule has 0 saturated heterocycles. The summed E-state index contributed by atoms with van der Waals surface area (Å²) in [7, 11) is 0. The number of fused-ring (bicyclic) bond motifs is 3. The molecule has 8 rings (SSSR count). The third-order valence-electron chi connectivity index (χ3n) is 5.28. The highest BCUT2D eigenvalue weighted by Crippen LogP contribution is 2.33. The van der Waals surface area contributed by atoms with E-state index >= 15 is 0 Å². The van der Waals surface area contributed by atoms with Gasteiger partial charge in [0.15, 0.2) is 0 Å². The largest absolute Gasteiger partial charge is 0.345 e. The van der Waals surface area contributed by atoms with Crippen molar-refractivity contribution in [3.63, 3.8) is 0 Å². The van der Waals surface area contributed by atoms with Crippen molar-refractivity contribution in [2.24, 2.45) is 0 Å². The molecule has 1 aliphatic heterocycles. The predicted molar refractivity (Wildman–Crippen MR) is 80.7 cm³/mol. The van der Waals surface area contributed by atoms with Gasteiger partial charge in [0.05, 0.1) is 17.6 Å². The number of benzene rings is 1. The van der Waals surface area contributed by atoms with Crippen LogP contribution in [0.3, 0.4) is 0 Å². The van der Waals surface area contributed by atoms with Gasteiger partial charge in [-0.05, 0) is 0 Å². The second-order valence-electron chi connectivity index (χ2n) is 6.18. The molecule has 12 nitrogen and oxygen atoms in total. The molecule has 25 heavy (non-hydrogen) atoms. The highest BCUT2D eigenvalue weighted by molar-refractivity contribution is 6.12. The van der Waals surface area contributed by atoms with Crippen molar-refractivity contribution >= 4 is 27.6 Å². The second-order valence-corrected chi connectivity index (χ2v) is 6.18. The Hall–Kier alpha value is -3.96.